The summed E-state index contributed by atoms with van der Waals surface area (Å²) in [6, 6.07) is 16.9. The molecule has 0 spiro atoms. The van der Waals surface area contributed by atoms with Crippen LogP contribution < -0.4 is 10.6 Å². The second kappa shape index (κ2) is 9.12. The molecule has 1 unspecified atom stereocenters. The normalized spacial score (nSPS) is 15.5. The van der Waals surface area contributed by atoms with Crippen molar-refractivity contribution in [2.75, 3.05) is 23.7 Å². The molecule has 5 heteroatoms. The van der Waals surface area contributed by atoms with Crippen LogP contribution in [0.25, 0.3) is 0 Å². The summed E-state index contributed by atoms with van der Waals surface area (Å²) in [5.41, 5.74) is 2.09. The van der Waals surface area contributed by atoms with Gasteiger partial charge in [-0.1, -0.05) is 51.1 Å². The first kappa shape index (κ1) is 20.9. The predicted molar refractivity (Wildman–Crippen MR) is 118 cm³/mol. The lowest BCUT2D eigenvalue weighted by molar-refractivity contribution is -0.133. The van der Waals surface area contributed by atoms with Crippen molar-refractivity contribution in [2.24, 2.45) is 5.41 Å². The van der Waals surface area contributed by atoms with Crippen LogP contribution in [0.5, 0.6) is 0 Å². The van der Waals surface area contributed by atoms with E-state index in [1.165, 1.54) is 6.42 Å². The van der Waals surface area contributed by atoms with Crippen LogP contribution in [0.3, 0.4) is 0 Å². The summed E-state index contributed by atoms with van der Waals surface area (Å²) in [5.74, 6) is 0.0849. The third kappa shape index (κ3) is 5.59. The topological polar surface area (TPSA) is 61.4 Å². The van der Waals surface area contributed by atoms with Gasteiger partial charge in [-0.25, -0.2) is 0 Å². The number of anilines is 2. The summed E-state index contributed by atoms with van der Waals surface area (Å²) in [5, 5.41) is 6.33. The highest BCUT2D eigenvalue weighted by molar-refractivity contribution is 5.94. The Bertz CT molecular complexity index is 819. The van der Waals surface area contributed by atoms with Gasteiger partial charge in [0.2, 0.25) is 11.8 Å². The minimum absolute atomic E-state index is 0.0272. The van der Waals surface area contributed by atoms with E-state index in [1.807, 2.05) is 80.3 Å². The number of benzene rings is 2. The molecule has 0 aliphatic carbocycles. The number of carbonyl (C=O) groups is 2. The first-order valence-electron chi connectivity index (χ1n) is 10.4. The number of nitrogens with zero attached hydrogens (tertiary/aromatic N) is 1. The average molecular weight is 394 g/mol. The van der Waals surface area contributed by atoms with Crippen molar-refractivity contribution in [1.82, 2.24) is 4.90 Å². The number of nitrogens with one attached hydrogen (secondary N) is 2. The third-order valence-electron chi connectivity index (χ3n) is 5.18. The van der Waals surface area contributed by atoms with Crippen LogP contribution in [0, 0.1) is 5.41 Å². The highest BCUT2D eigenvalue weighted by Gasteiger charge is 2.27. The van der Waals surface area contributed by atoms with Crippen LogP contribution in [0.1, 0.15) is 51.6 Å². The molecule has 29 heavy (non-hydrogen) atoms. The Hall–Kier alpha value is -2.82. The zero-order valence-electron chi connectivity index (χ0n) is 17.6. The summed E-state index contributed by atoms with van der Waals surface area (Å²) in [6.45, 7) is 7.29. The van der Waals surface area contributed by atoms with Crippen LogP contribution in [0.4, 0.5) is 11.4 Å². The van der Waals surface area contributed by atoms with Gasteiger partial charge in [0.05, 0.1) is 0 Å². The highest BCUT2D eigenvalue weighted by atomic mass is 16.2. The molecule has 5 nitrogen and oxygen atoms in total. The molecule has 154 valence electrons. The Kier molecular flexibility index (Phi) is 6.57. The molecule has 0 radical (unpaired) electrons. The first-order chi connectivity index (χ1) is 13.8. The van der Waals surface area contributed by atoms with Gasteiger partial charge in [-0.2, -0.15) is 0 Å². The first-order valence-corrected chi connectivity index (χ1v) is 10.4. The molecular formula is C24H31N3O2. The van der Waals surface area contributed by atoms with E-state index >= 15 is 0 Å². The molecule has 0 aromatic heterocycles. The summed E-state index contributed by atoms with van der Waals surface area (Å²) in [7, 11) is 0. The lowest BCUT2D eigenvalue weighted by Gasteiger charge is -2.31. The molecule has 0 saturated carbocycles. The van der Waals surface area contributed by atoms with E-state index in [0.717, 1.165) is 42.9 Å². The molecule has 1 aliphatic rings. The van der Waals surface area contributed by atoms with Crippen molar-refractivity contribution in [1.29, 1.82) is 0 Å². The van der Waals surface area contributed by atoms with Gasteiger partial charge in [0.25, 0.3) is 0 Å². The smallest absolute Gasteiger partial charge is 0.249 e. The van der Waals surface area contributed by atoms with E-state index in [-0.39, 0.29) is 11.8 Å². The monoisotopic (exact) mass is 393 g/mol. The summed E-state index contributed by atoms with van der Waals surface area (Å²) in [6.07, 6.45) is 3.32. The standard InChI is InChI=1S/C24H31N3O2/c1-24(2,3)23(29)26-20-14-12-19(13-15-20)25-21(18-10-6-4-7-11-18)22(28)27-16-8-5-9-17-27/h4,6-7,10-15,21,25H,5,8-9,16-17H2,1-3H3,(H,26,29). The number of amides is 2. The molecule has 1 aliphatic heterocycles. The van der Waals surface area contributed by atoms with Crippen molar-refractivity contribution in [3.8, 4) is 0 Å². The van der Waals surface area contributed by atoms with Crippen molar-refractivity contribution in [3.63, 3.8) is 0 Å². The van der Waals surface area contributed by atoms with E-state index in [2.05, 4.69) is 10.6 Å². The van der Waals surface area contributed by atoms with Crippen molar-refractivity contribution >= 4 is 23.2 Å². The Morgan fingerprint density at radius 2 is 1.45 bits per heavy atom. The van der Waals surface area contributed by atoms with Crippen LogP contribution in [0.2, 0.25) is 0 Å². The number of rotatable bonds is 5. The van der Waals surface area contributed by atoms with Gasteiger partial charge in [-0.3, -0.25) is 9.59 Å². The van der Waals surface area contributed by atoms with Crippen LogP contribution in [-0.2, 0) is 9.59 Å². The van der Waals surface area contributed by atoms with Crippen LogP contribution in [0.15, 0.2) is 54.6 Å². The Morgan fingerprint density at radius 1 is 0.862 bits per heavy atom. The van der Waals surface area contributed by atoms with Crippen molar-refractivity contribution < 1.29 is 9.59 Å². The fourth-order valence-corrected chi connectivity index (χ4v) is 3.37. The second-order valence-corrected chi connectivity index (χ2v) is 8.66. The maximum absolute atomic E-state index is 13.2. The fraction of sp³-hybridized carbons (Fsp3) is 0.417. The molecule has 3 rings (SSSR count). The van der Waals surface area contributed by atoms with Gasteiger partial charge in [0.15, 0.2) is 0 Å². The molecule has 1 fully saturated rings. The highest BCUT2D eigenvalue weighted by Crippen LogP contribution is 2.25. The van der Waals surface area contributed by atoms with Crippen molar-refractivity contribution in [2.45, 2.75) is 46.1 Å². The Labute approximate surface area is 173 Å². The lowest BCUT2D eigenvalue weighted by Crippen LogP contribution is -2.41. The SMILES string of the molecule is CC(C)(C)C(=O)Nc1ccc(NC(C(=O)N2CCCCC2)c2ccccc2)cc1. The van der Waals surface area contributed by atoms with Crippen LogP contribution in [-0.4, -0.2) is 29.8 Å². The van der Waals surface area contributed by atoms with Gasteiger partial charge in [-0.15, -0.1) is 0 Å². The molecule has 2 amide bonds. The second-order valence-electron chi connectivity index (χ2n) is 8.66. The fourth-order valence-electron chi connectivity index (χ4n) is 3.37. The number of piperidine rings is 1. The average Bonchev–Trinajstić information content (AvgIpc) is 2.73. The minimum atomic E-state index is -0.448. The molecule has 1 heterocycles. The van der Waals surface area contributed by atoms with Gasteiger partial charge in [-0.05, 0) is 49.1 Å². The van der Waals surface area contributed by atoms with Crippen LogP contribution >= 0.6 is 0 Å². The molecule has 1 saturated heterocycles. The number of carbonyl (C=O) groups excluding carboxylic acids is 2. The number of hydrogen-bond acceptors (Lipinski definition) is 3. The van der Waals surface area contributed by atoms with E-state index in [9.17, 15) is 9.59 Å². The van der Waals surface area contributed by atoms with E-state index in [0.29, 0.717) is 0 Å². The predicted octanol–water partition coefficient (Wildman–Crippen LogP) is 4.84. The summed E-state index contributed by atoms with van der Waals surface area (Å²) < 4.78 is 0. The molecule has 0 bridgehead atoms. The Balaban J connectivity index is 1.75. The maximum atomic E-state index is 13.2. The molecule has 2 N–H and O–H groups in total. The zero-order valence-corrected chi connectivity index (χ0v) is 17.6. The van der Waals surface area contributed by atoms with Gasteiger partial charge in [0.1, 0.15) is 6.04 Å². The molecule has 2 aromatic rings. The zero-order chi connectivity index (χ0) is 20.9. The van der Waals surface area contributed by atoms with Gasteiger partial charge < -0.3 is 15.5 Å². The summed E-state index contributed by atoms with van der Waals surface area (Å²) >= 11 is 0. The van der Waals surface area contributed by atoms with Crippen molar-refractivity contribution in [3.05, 3.63) is 60.2 Å². The number of hydrogen-bond donors (Lipinski definition) is 2. The van der Waals surface area contributed by atoms with E-state index < -0.39 is 11.5 Å². The molecular weight excluding hydrogens is 362 g/mol. The Morgan fingerprint density at radius 3 is 2.03 bits per heavy atom. The largest absolute Gasteiger partial charge is 0.370 e. The van der Waals surface area contributed by atoms with E-state index in [4.69, 9.17) is 0 Å². The minimum Gasteiger partial charge on any atom is -0.370 e. The van der Waals surface area contributed by atoms with Gasteiger partial charge >= 0.3 is 0 Å². The maximum Gasteiger partial charge on any atom is 0.249 e. The third-order valence-corrected chi connectivity index (χ3v) is 5.18. The quantitative estimate of drug-likeness (QED) is 0.764. The number of likely N-dealkylation sites (tertiary alicyclic amines) is 1. The van der Waals surface area contributed by atoms with E-state index in [1.54, 1.807) is 0 Å². The molecule has 1 atom stereocenters. The van der Waals surface area contributed by atoms with Gasteiger partial charge in [0, 0.05) is 29.9 Å². The lowest BCUT2D eigenvalue weighted by atomic mass is 9.95. The molecule has 2 aromatic carbocycles. The summed E-state index contributed by atoms with van der Waals surface area (Å²) in [4.78, 5) is 27.4.